The molecule has 0 bridgehead atoms. The largest absolute Gasteiger partial charge is 0.507 e. The summed E-state index contributed by atoms with van der Waals surface area (Å²) in [6.07, 6.45) is 8.55. The summed E-state index contributed by atoms with van der Waals surface area (Å²) in [5.74, 6) is -0.360. The second-order valence-electron chi connectivity index (χ2n) is 17.9. The van der Waals surface area contributed by atoms with Gasteiger partial charge in [0.05, 0.1) is 66.3 Å². The number of phenols is 1. The van der Waals surface area contributed by atoms with Gasteiger partial charge in [0.2, 0.25) is 12.2 Å². The van der Waals surface area contributed by atoms with Crippen LogP contribution in [0.25, 0.3) is 49.2 Å². The zero-order valence-electron chi connectivity index (χ0n) is 36.9. The second kappa shape index (κ2) is 21.5. The van der Waals surface area contributed by atoms with Gasteiger partial charge >= 0.3 is 11.9 Å². The number of fused-ring (bicyclic) bond motifs is 1. The predicted octanol–water partition coefficient (Wildman–Crippen LogP) is 6.19. The van der Waals surface area contributed by atoms with Gasteiger partial charge in [0.1, 0.15) is 18.9 Å². The van der Waals surface area contributed by atoms with Gasteiger partial charge in [-0.2, -0.15) is 0 Å². The summed E-state index contributed by atoms with van der Waals surface area (Å²) >= 11 is 0. The zero-order chi connectivity index (χ0) is 44.2. The fourth-order valence-electron chi connectivity index (χ4n) is 8.87. The second-order valence-corrected chi connectivity index (χ2v) is 17.9. The highest BCUT2D eigenvalue weighted by Crippen LogP contribution is 2.52. The van der Waals surface area contributed by atoms with Crippen LogP contribution in [-0.2, 0) is 45.1 Å². The number of phenolic OH excluding ortho intramolecular Hbond substituents is 1. The van der Waals surface area contributed by atoms with Gasteiger partial charge in [-0.05, 0) is 95.8 Å². The third kappa shape index (κ3) is 10.7. The number of carbonyl (C=O) groups is 2. The van der Waals surface area contributed by atoms with Gasteiger partial charge in [0, 0.05) is 47.0 Å². The molecule has 13 heteroatoms. The molecule has 5 aromatic carbocycles. The van der Waals surface area contributed by atoms with Gasteiger partial charge in [0.15, 0.2) is 11.2 Å². The van der Waals surface area contributed by atoms with Crippen LogP contribution in [-0.4, -0.2) is 101 Å². The Balaban J connectivity index is 0.00000436. The average molecular weight is 874 g/mol. The highest BCUT2D eigenvalue weighted by atomic mass is 16.5. The lowest BCUT2D eigenvalue weighted by molar-refractivity contribution is -0.888. The van der Waals surface area contributed by atoms with Crippen LogP contribution in [0.2, 0.25) is 0 Å². The molecule has 0 saturated heterocycles. The monoisotopic (exact) mass is 874 g/mol. The first-order valence-electron chi connectivity index (χ1n) is 21.6. The van der Waals surface area contributed by atoms with E-state index in [0.29, 0.717) is 136 Å². The molecule has 5 N–H and O–H groups in total. The van der Waals surface area contributed by atoms with E-state index in [0.717, 1.165) is 42.3 Å². The van der Waals surface area contributed by atoms with Crippen molar-refractivity contribution < 1.29 is 48.5 Å². The molecule has 0 amide bonds. The standard InChI is InChI=1S/C48H61N3O10.2CH4/c1-28-21-32-31(15-11-8-9-12-17-37(56)61-27-51(4,5)6)46(57)43-35(54)24-30(26-53)39-38-29(25-52)23-34(49-18-14-10-13-16-36(55)60-20-19-50(2)3)42-44(38)41(40(32)45(39)43)33(22-28)48(59-7)47(42)58;;/h21,23-24,52-53H,8-20,22,25-27H2,1-7H3,(H-,49,54,57,58);2*1H4/p+2. The maximum Gasteiger partial charge on any atom is 0.310 e. The number of carbonyl (C=O) groups excluding carboxylic acids is 2. The van der Waals surface area contributed by atoms with Crippen molar-refractivity contribution in [2.24, 2.45) is 0 Å². The molecule has 0 heterocycles. The molecule has 0 atom stereocenters. The number of esters is 2. The van der Waals surface area contributed by atoms with Crippen molar-refractivity contribution in [1.82, 2.24) is 0 Å². The summed E-state index contributed by atoms with van der Waals surface area (Å²) in [4.78, 5) is 54.6. The van der Waals surface area contributed by atoms with Crippen LogP contribution in [0.4, 0.5) is 5.69 Å². The summed E-state index contributed by atoms with van der Waals surface area (Å²) in [5.41, 5.74) is 3.59. The highest BCUT2D eigenvalue weighted by molar-refractivity contribution is 6.38. The smallest absolute Gasteiger partial charge is 0.310 e. The normalized spacial score (nSPS) is 12.5. The minimum Gasteiger partial charge on any atom is -0.507 e. The lowest BCUT2D eigenvalue weighted by atomic mass is 9.80. The quantitative estimate of drug-likeness (QED) is 0.0134. The lowest BCUT2D eigenvalue weighted by Crippen LogP contribution is -3.06. The third-order valence-corrected chi connectivity index (χ3v) is 11.7. The molecular weight excluding hydrogens is 803 g/mol. The summed E-state index contributed by atoms with van der Waals surface area (Å²) in [6, 6.07) is 3.12. The van der Waals surface area contributed by atoms with Crippen LogP contribution in [0, 0.1) is 0 Å². The molecule has 344 valence electrons. The number of hydrogen-bond acceptors (Lipinski definition) is 11. The molecule has 1 aliphatic rings. The number of aliphatic hydroxyl groups is 2. The van der Waals surface area contributed by atoms with E-state index >= 15 is 0 Å². The molecular formula is C50H71N3O10+2. The van der Waals surface area contributed by atoms with Crippen molar-refractivity contribution in [1.29, 1.82) is 0 Å². The molecule has 5 aromatic rings. The summed E-state index contributed by atoms with van der Waals surface area (Å²) in [5, 5.41) is 41.6. The van der Waals surface area contributed by atoms with Gasteiger partial charge in [0.25, 0.3) is 0 Å². The Hall–Kier alpha value is -5.08. The van der Waals surface area contributed by atoms with E-state index in [1.807, 2.05) is 48.2 Å². The number of quaternary nitrogens is 2. The van der Waals surface area contributed by atoms with E-state index in [4.69, 9.17) is 14.2 Å². The SMILES string of the molecule is C.C.COc1c2c3c4c(c(CCCCCCC(=O)OC[N+](C)(C)C)c(O)c5c(=O)cc(CO)c(c6c(CO)cc(NCCCCCC(=O)OCC[NH+](C)C)c(c1=O)c63)c54)C=C(C)C2. The molecule has 0 radical (unpaired) electrons. The Morgan fingerprint density at radius 1 is 0.778 bits per heavy atom. The number of hydrogen-bond donors (Lipinski definition) is 5. The molecule has 63 heavy (non-hydrogen) atoms. The van der Waals surface area contributed by atoms with Crippen molar-refractivity contribution >= 4 is 66.8 Å². The van der Waals surface area contributed by atoms with Crippen LogP contribution in [0.1, 0.15) is 107 Å². The average Bonchev–Trinajstić information content (AvgIpc) is 3.36. The van der Waals surface area contributed by atoms with E-state index in [1.54, 1.807) is 6.07 Å². The minimum absolute atomic E-state index is 0. The number of nitrogens with zero attached hydrogens (tertiary/aromatic N) is 1. The van der Waals surface area contributed by atoms with Gasteiger partial charge in [-0.1, -0.05) is 45.8 Å². The van der Waals surface area contributed by atoms with Crippen molar-refractivity contribution in [3.8, 4) is 11.5 Å². The van der Waals surface area contributed by atoms with Crippen molar-refractivity contribution in [2.75, 3.05) is 74.1 Å². The summed E-state index contributed by atoms with van der Waals surface area (Å²) in [7, 11) is 11.4. The third-order valence-electron chi connectivity index (χ3n) is 11.7. The van der Waals surface area contributed by atoms with Crippen LogP contribution in [0.5, 0.6) is 11.5 Å². The molecule has 0 unspecified atom stereocenters. The van der Waals surface area contributed by atoms with Crippen molar-refractivity contribution in [3.63, 3.8) is 0 Å². The van der Waals surface area contributed by atoms with E-state index < -0.39 is 18.6 Å². The molecule has 0 aliphatic heterocycles. The number of ether oxygens (including phenoxy) is 3. The number of anilines is 1. The number of methoxy groups -OCH3 is 1. The zero-order valence-corrected chi connectivity index (χ0v) is 36.9. The number of unbranched alkanes of at least 4 members (excludes halogenated alkanes) is 5. The van der Waals surface area contributed by atoms with Crippen molar-refractivity contribution in [2.45, 2.75) is 106 Å². The van der Waals surface area contributed by atoms with Crippen LogP contribution >= 0.6 is 0 Å². The first kappa shape index (κ1) is 50.6. The predicted molar refractivity (Wildman–Crippen MR) is 254 cm³/mol. The lowest BCUT2D eigenvalue weighted by Gasteiger charge is -2.25. The van der Waals surface area contributed by atoms with Gasteiger partial charge in [-0.25, -0.2) is 0 Å². The van der Waals surface area contributed by atoms with E-state index in [2.05, 4.69) is 5.32 Å². The Morgan fingerprint density at radius 3 is 2.00 bits per heavy atom. The molecule has 6 rings (SSSR count). The van der Waals surface area contributed by atoms with Gasteiger partial charge < -0.3 is 39.7 Å². The molecule has 0 aromatic heterocycles. The summed E-state index contributed by atoms with van der Waals surface area (Å²) in [6.45, 7) is 3.03. The number of aliphatic hydroxyl groups excluding tert-OH is 2. The maximum atomic E-state index is 14.7. The molecule has 13 nitrogen and oxygen atoms in total. The molecule has 0 fully saturated rings. The first-order valence-corrected chi connectivity index (χ1v) is 21.6. The summed E-state index contributed by atoms with van der Waals surface area (Å²) < 4.78 is 17.2. The van der Waals surface area contributed by atoms with E-state index in [1.165, 1.54) is 18.1 Å². The minimum atomic E-state index is -0.477. The van der Waals surface area contributed by atoms with Crippen LogP contribution in [0.3, 0.4) is 0 Å². The Bertz CT molecular complexity index is 2580. The topological polar surface area (TPSA) is 173 Å². The number of aromatic hydroxyl groups is 1. The number of likely N-dealkylation sites (N-methyl/N-ethyl adjacent to an activating group) is 1. The van der Waals surface area contributed by atoms with E-state index in [9.17, 15) is 34.5 Å². The van der Waals surface area contributed by atoms with Crippen LogP contribution < -0.4 is 25.8 Å². The molecule has 0 spiro atoms. The fourth-order valence-corrected chi connectivity index (χ4v) is 8.87. The number of rotatable bonds is 22. The molecule has 1 aliphatic carbocycles. The highest BCUT2D eigenvalue weighted by Gasteiger charge is 2.32. The van der Waals surface area contributed by atoms with Crippen LogP contribution in [0.15, 0.2) is 27.3 Å². The first-order chi connectivity index (χ1) is 29.1. The van der Waals surface area contributed by atoms with Gasteiger partial charge in [-0.3, -0.25) is 23.7 Å². The Kier molecular flexibility index (Phi) is 17.3. The Labute approximate surface area is 371 Å². The Morgan fingerprint density at radius 2 is 1.38 bits per heavy atom. The number of allylic oxidation sites excluding steroid dienone is 1. The fraction of sp³-hybridized carbons (Fsp3) is 0.520. The van der Waals surface area contributed by atoms with E-state index in [-0.39, 0.29) is 49.1 Å². The van der Waals surface area contributed by atoms with Crippen molar-refractivity contribution in [3.05, 3.63) is 66.0 Å². The molecule has 0 saturated carbocycles. The number of benzene rings is 5. The van der Waals surface area contributed by atoms with Gasteiger partial charge in [-0.15, -0.1) is 0 Å². The number of nitrogens with one attached hydrogen (secondary N) is 2. The maximum absolute atomic E-state index is 14.7.